The number of para-hydroxylation sites is 1. The number of rotatable bonds is 3. The van der Waals surface area contributed by atoms with Crippen LogP contribution in [0.1, 0.15) is 62.7 Å². The monoisotopic (exact) mass is 286 g/mol. The van der Waals surface area contributed by atoms with Gasteiger partial charge in [0.05, 0.1) is 5.56 Å². The van der Waals surface area contributed by atoms with Crippen molar-refractivity contribution in [1.29, 1.82) is 0 Å². The average Bonchev–Trinajstić information content (AvgIpc) is 2.55. The molecule has 3 nitrogen and oxygen atoms in total. The van der Waals surface area contributed by atoms with Crippen LogP contribution in [-0.2, 0) is 0 Å². The highest BCUT2D eigenvalue weighted by molar-refractivity contribution is 6.01. The molecule has 1 N–H and O–H groups in total. The molecule has 114 valence electrons. The molecule has 2 aliphatic rings. The van der Waals surface area contributed by atoms with Gasteiger partial charge in [-0.3, -0.25) is 4.79 Å². The predicted octanol–water partition coefficient (Wildman–Crippen LogP) is 4.26. The summed E-state index contributed by atoms with van der Waals surface area (Å²) in [4.78, 5) is 15.1. The molecule has 1 fully saturated rings. The molecule has 1 aliphatic heterocycles. The van der Waals surface area contributed by atoms with Gasteiger partial charge in [-0.25, -0.2) is 0 Å². The molecule has 0 aromatic heterocycles. The van der Waals surface area contributed by atoms with E-state index in [9.17, 15) is 4.79 Å². The summed E-state index contributed by atoms with van der Waals surface area (Å²) in [5.74, 6) is 0.791. The number of benzene rings is 1. The molecule has 1 aliphatic carbocycles. The second kappa shape index (κ2) is 6.08. The third-order valence-corrected chi connectivity index (χ3v) is 5.16. The van der Waals surface area contributed by atoms with E-state index in [1.165, 1.54) is 32.1 Å². The van der Waals surface area contributed by atoms with Gasteiger partial charge >= 0.3 is 0 Å². The second-order valence-electron chi connectivity index (χ2n) is 6.50. The third-order valence-electron chi connectivity index (χ3n) is 5.16. The van der Waals surface area contributed by atoms with Crippen LogP contribution in [0, 0.1) is 5.92 Å². The van der Waals surface area contributed by atoms with Crippen LogP contribution >= 0.6 is 0 Å². The number of hydrogen-bond donors (Lipinski definition) is 1. The van der Waals surface area contributed by atoms with Crippen molar-refractivity contribution >= 4 is 11.6 Å². The van der Waals surface area contributed by atoms with Crippen molar-refractivity contribution in [3.8, 4) is 0 Å². The van der Waals surface area contributed by atoms with Gasteiger partial charge in [0.25, 0.3) is 5.91 Å². The minimum atomic E-state index is 0.169. The van der Waals surface area contributed by atoms with Crippen LogP contribution in [0.4, 0.5) is 5.69 Å². The summed E-state index contributed by atoms with van der Waals surface area (Å²) in [7, 11) is 0. The van der Waals surface area contributed by atoms with Gasteiger partial charge in [0.15, 0.2) is 0 Å². The molecule has 3 heteroatoms. The normalized spacial score (nSPS) is 24.4. The van der Waals surface area contributed by atoms with Crippen LogP contribution in [0.5, 0.6) is 0 Å². The Morgan fingerprint density at radius 3 is 2.67 bits per heavy atom. The predicted molar refractivity (Wildman–Crippen MR) is 86.4 cm³/mol. The van der Waals surface area contributed by atoms with E-state index in [1.54, 1.807) is 0 Å². The molecular weight excluding hydrogens is 260 g/mol. The van der Waals surface area contributed by atoms with Gasteiger partial charge in [-0.15, -0.1) is 0 Å². The van der Waals surface area contributed by atoms with E-state index in [0.29, 0.717) is 5.92 Å². The molecule has 2 atom stereocenters. The summed E-state index contributed by atoms with van der Waals surface area (Å²) in [6, 6.07) is 8.23. The topological polar surface area (TPSA) is 32.3 Å². The maximum Gasteiger partial charge on any atom is 0.257 e. The fourth-order valence-corrected chi connectivity index (χ4v) is 3.76. The molecule has 0 spiro atoms. The molecule has 1 saturated carbocycles. The van der Waals surface area contributed by atoms with E-state index in [0.717, 1.165) is 17.7 Å². The second-order valence-corrected chi connectivity index (χ2v) is 6.50. The van der Waals surface area contributed by atoms with Gasteiger partial charge in [0.1, 0.15) is 6.17 Å². The zero-order valence-electron chi connectivity index (χ0n) is 13.1. The Morgan fingerprint density at radius 2 is 1.95 bits per heavy atom. The molecule has 0 saturated heterocycles. The lowest BCUT2D eigenvalue weighted by molar-refractivity contribution is 0.0477. The van der Waals surface area contributed by atoms with Crippen LogP contribution in [0.15, 0.2) is 24.3 Å². The average molecular weight is 286 g/mol. The van der Waals surface area contributed by atoms with Gasteiger partial charge in [-0.1, -0.05) is 38.3 Å². The van der Waals surface area contributed by atoms with E-state index < -0.39 is 0 Å². The van der Waals surface area contributed by atoms with Crippen molar-refractivity contribution in [2.75, 3.05) is 5.32 Å². The number of nitrogens with one attached hydrogen (secondary N) is 1. The van der Waals surface area contributed by atoms with Crippen LogP contribution in [0.2, 0.25) is 0 Å². The summed E-state index contributed by atoms with van der Waals surface area (Å²) >= 11 is 0. The Bertz CT molecular complexity index is 508. The molecule has 0 unspecified atom stereocenters. The first-order chi connectivity index (χ1) is 10.2. The molecule has 1 aromatic carbocycles. The van der Waals surface area contributed by atoms with Crippen molar-refractivity contribution in [3.63, 3.8) is 0 Å². The highest BCUT2D eigenvalue weighted by atomic mass is 16.2. The van der Waals surface area contributed by atoms with Gasteiger partial charge in [-0.2, -0.15) is 0 Å². The molecule has 1 aromatic rings. The molecule has 1 heterocycles. The lowest BCUT2D eigenvalue weighted by Crippen LogP contribution is -2.56. The number of amides is 1. The van der Waals surface area contributed by atoms with Crippen LogP contribution in [0.25, 0.3) is 0 Å². The number of nitrogens with zero attached hydrogens (tertiary/aromatic N) is 1. The number of carbonyl (C=O) groups is 1. The Labute approximate surface area is 127 Å². The van der Waals surface area contributed by atoms with E-state index in [-0.39, 0.29) is 18.1 Å². The first kappa shape index (κ1) is 14.4. The fraction of sp³-hybridized carbons (Fsp3) is 0.611. The van der Waals surface area contributed by atoms with Crippen molar-refractivity contribution in [2.45, 2.75) is 64.6 Å². The fourth-order valence-electron chi connectivity index (χ4n) is 3.76. The maximum atomic E-state index is 13.0. The Hall–Kier alpha value is -1.51. The van der Waals surface area contributed by atoms with Crippen LogP contribution < -0.4 is 5.32 Å². The lowest BCUT2D eigenvalue weighted by Gasteiger charge is -2.45. The highest BCUT2D eigenvalue weighted by Crippen LogP contribution is 2.35. The molecule has 21 heavy (non-hydrogen) atoms. The summed E-state index contributed by atoms with van der Waals surface area (Å²) in [6.45, 7) is 4.33. The molecule has 1 amide bonds. The number of fused-ring (bicyclic) bond motifs is 1. The van der Waals surface area contributed by atoms with E-state index in [4.69, 9.17) is 0 Å². The molecule has 3 rings (SSSR count). The number of anilines is 1. The minimum absolute atomic E-state index is 0.169. The van der Waals surface area contributed by atoms with Gasteiger partial charge < -0.3 is 10.2 Å². The SMILES string of the molecule is CC[C@H](C)N1C(=O)c2ccccc2N[C@H]1C1CCCCC1. The summed E-state index contributed by atoms with van der Waals surface area (Å²) < 4.78 is 0. The zero-order chi connectivity index (χ0) is 14.8. The molecule has 0 bridgehead atoms. The van der Waals surface area contributed by atoms with Crippen LogP contribution in [0.3, 0.4) is 0 Å². The summed E-state index contributed by atoms with van der Waals surface area (Å²) in [5.41, 5.74) is 1.84. The standard InChI is InChI=1S/C18H26N2O/c1-3-13(2)20-17(14-9-5-4-6-10-14)19-16-12-8-7-11-15(16)18(20)21/h7-8,11-14,17,19H,3-6,9-10H2,1-2H3/t13-,17+/m0/s1. The molecule has 0 radical (unpaired) electrons. The van der Waals surface area contributed by atoms with Crippen molar-refractivity contribution in [3.05, 3.63) is 29.8 Å². The first-order valence-corrected chi connectivity index (χ1v) is 8.40. The van der Waals surface area contributed by atoms with E-state index >= 15 is 0 Å². The van der Waals surface area contributed by atoms with Crippen molar-refractivity contribution < 1.29 is 4.79 Å². The number of carbonyl (C=O) groups excluding carboxylic acids is 1. The largest absolute Gasteiger partial charge is 0.364 e. The quantitative estimate of drug-likeness (QED) is 0.900. The van der Waals surface area contributed by atoms with E-state index in [2.05, 4.69) is 24.1 Å². The summed E-state index contributed by atoms with van der Waals surface area (Å²) in [6.07, 6.45) is 7.58. The Balaban J connectivity index is 1.94. The zero-order valence-corrected chi connectivity index (χ0v) is 13.1. The molecular formula is C18H26N2O. The Kier molecular flexibility index (Phi) is 4.18. The number of hydrogen-bond acceptors (Lipinski definition) is 2. The van der Waals surface area contributed by atoms with Gasteiger partial charge in [0, 0.05) is 11.7 Å². The Morgan fingerprint density at radius 1 is 1.24 bits per heavy atom. The van der Waals surface area contributed by atoms with E-state index in [1.807, 2.05) is 24.3 Å². The van der Waals surface area contributed by atoms with Gasteiger partial charge in [-0.05, 0) is 44.2 Å². The van der Waals surface area contributed by atoms with Crippen LogP contribution in [-0.4, -0.2) is 23.0 Å². The van der Waals surface area contributed by atoms with Gasteiger partial charge in [0.2, 0.25) is 0 Å². The van der Waals surface area contributed by atoms with Crippen molar-refractivity contribution in [1.82, 2.24) is 4.90 Å². The van der Waals surface area contributed by atoms with Crippen molar-refractivity contribution in [2.24, 2.45) is 5.92 Å². The highest BCUT2D eigenvalue weighted by Gasteiger charge is 2.38. The lowest BCUT2D eigenvalue weighted by atomic mass is 9.84. The summed E-state index contributed by atoms with van der Waals surface area (Å²) in [5, 5.41) is 3.67. The maximum absolute atomic E-state index is 13.0. The first-order valence-electron chi connectivity index (χ1n) is 8.40. The smallest absolute Gasteiger partial charge is 0.257 e. The third kappa shape index (κ3) is 2.66. The minimum Gasteiger partial charge on any atom is -0.364 e.